The summed E-state index contributed by atoms with van der Waals surface area (Å²) in [6.07, 6.45) is 6.28. The number of imidazole rings is 1. The fraction of sp³-hybridized carbons (Fsp3) is 0.167. The first-order valence-electron chi connectivity index (χ1n) is 8.13. The molecule has 8 nitrogen and oxygen atoms in total. The minimum absolute atomic E-state index is 0.252. The number of aryl methyl sites for hydroxylation is 1. The number of hydrogen-bond acceptors (Lipinski definition) is 5. The average Bonchev–Trinajstić information content (AvgIpc) is 3.05. The van der Waals surface area contributed by atoms with Crippen molar-refractivity contribution in [3.05, 3.63) is 71.9 Å². The molecular weight excluding hydrogens is 366 g/mol. The smallest absolute Gasteiger partial charge is 0.251 e. The summed E-state index contributed by atoms with van der Waals surface area (Å²) in [6, 6.07) is 9.93. The Balaban J connectivity index is 1.65. The molecule has 0 bridgehead atoms. The van der Waals surface area contributed by atoms with Gasteiger partial charge in [0.1, 0.15) is 11.6 Å². The Morgan fingerprint density at radius 1 is 1.11 bits per heavy atom. The predicted molar refractivity (Wildman–Crippen MR) is 102 cm³/mol. The summed E-state index contributed by atoms with van der Waals surface area (Å²) in [7, 11) is -3.35. The number of aromatic nitrogens is 3. The zero-order chi connectivity index (χ0) is 19.4. The van der Waals surface area contributed by atoms with Gasteiger partial charge in [-0.15, -0.1) is 0 Å². The fourth-order valence-corrected chi connectivity index (χ4v) is 3.07. The lowest BCUT2D eigenvalue weighted by molar-refractivity contribution is 0.0951. The highest BCUT2D eigenvalue weighted by molar-refractivity contribution is 7.92. The molecule has 0 aliphatic heterocycles. The van der Waals surface area contributed by atoms with Crippen LogP contribution in [0.25, 0.3) is 5.82 Å². The van der Waals surface area contributed by atoms with Gasteiger partial charge in [-0.25, -0.2) is 18.4 Å². The van der Waals surface area contributed by atoms with Gasteiger partial charge in [-0.05, 0) is 48.9 Å². The minimum atomic E-state index is -3.35. The van der Waals surface area contributed by atoms with Crippen LogP contribution in [0.3, 0.4) is 0 Å². The highest BCUT2D eigenvalue weighted by atomic mass is 32.2. The van der Waals surface area contributed by atoms with Crippen molar-refractivity contribution in [1.82, 2.24) is 19.9 Å². The van der Waals surface area contributed by atoms with Crippen LogP contribution in [-0.4, -0.2) is 35.1 Å². The van der Waals surface area contributed by atoms with Crippen LogP contribution in [-0.2, 0) is 16.6 Å². The van der Waals surface area contributed by atoms with E-state index in [4.69, 9.17) is 0 Å². The van der Waals surface area contributed by atoms with Gasteiger partial charge in [-0.3, -0.25) is 14.1 Å². The molecule has 1 amide bonds. The number of pyridine rings is 1. The first-order valence-corrected chi connectivity index (χ1v) is 10.0. The molecule has 0 unspecified atom stereocenters. The van der Waals surface area contributed by atoms with Gasteiger partial charge >= 0.3 is 0 Å². The van der Waals surface area contributed by atoms with Crippen LogP contribution >= 0.6 is 0 Å². The second-order valence-corrected chi connectivity index (χ2v) is 7.75. The number of rotatable bonds is 6. The number of amides is 1. The van der Waals surface area contributed by atoms with Crippen LogP contribution in [0.1, 0.15) is 21.7 Å². The van der Waals surface area contributed by atoms with Gasteiger partial charge in [0.25, 0.3) is 5.91 Å². The van der Waals surface area contributed by atoms with Gasteiger partial charge in [-0.1, -0.05) is 0 Å². The van der Waals surface area contributed by atoms with Gasteiger partial charge in [0, 0.05) is 36.4 Å². The van der Waals surface area contributed by atoms with Crippen LogP contribution in [0.5, 0.6) is 0 Å². The van der Waals surface area contributed by atoms with Crippen LogP contribution in [0, 0.1) is 6.92 Å². The molecule has 2 heterocycles. The third kappa shape index (κ3) is 4.91. The maximum atomic E-state index is 12.3. The topological polar surface area (TPSA) is 106 Å². The Morgan fingerprint density at radius 3 is 2.48 bits per heavy atom. The van der Waals surface area contributed by atoms with Crippen molar-refractivity contribution in [1.29, 1.82) is 0 Å². The number of nitrogens with zero attached hydrogens (tertiary/aromatic N) is 3. The number of anilines is 1. The minimum Gasteiger partial charge on any atom is -0.348 e. The molecule has 2 aromatic heterocycles. The molecule has 0 radical (unpaired) electrons. The quantitative estimate of drug-likeness (QED) is 0.674. The zero-order valence-corrected chi connectivity index (χ0v) is 15.7. The Bertz CT molecular complexity index is 1060. The van der Waals surface area contributed by atoms with E-state index in [9.17, 15) is 13.2 Å². The lowest BCUT2D eigenvalue weighted by atomic mass is 10.2. The fourth-order valence-electron chi connectivity index (χ4n) is 2.51. The van der Waals surface area contributed by atoms with Crippen LogP contribution < -0.4 is 10.0 Å². The van der Waals surface area contributed by atoms with E-state index in [1.54, 1.807) is 36.7 Å². The Labute approximate surface area is 157 Å². The van der Waals surface area contributed by atoms with E-state index >= 15 is 0 Å². The molecule has 140 valence electrons. The standard InChI is InChI=1S/C18H19N5O3S/c1-13-19-9-10-23(13)17-11-14(7-8-20-17)12-21-18(24)15-3-5-16(6-4-15)22-27(2,25)26/h3-11,22H,12H2,1-2H3,(H,21,24). The maximum absolute atomic E-state index is 12.3. The number of hydrogen-bond donors (Lipinski definition) is 2. The molecular formula is C18H19N5O3S. The summed E-state index contributed by atoms with van der Waals surface area (Å²) >= 11 is 0. The van der Waals surface area contributed by atoms with Gasteiger partial charge in [0.15, 0.2) is 0 Å². The SMILES string of the molecule is Cc1nccn1-c1cc(CNC(=O)c2ccc(NS(C)(=O)=O)cc2)ccn1. The molecule has 0 saturated heterocycles. The molecule has 27 heavy (non-hydrogen) atoms. The largest absolute Gasteiger partial charge is 0.348 e. The van der Waals surface area contributed by atoms with Crippen LogP contribution in [0.2, 0.25) is 0 Å². The van der Waals surface area contributed by atoms with E-state index in [2.05, 4.69) is 20.0 Å². The molecule has 3 aromatic rings. The number of sulfonamides is 1. The first-order chi connectivity index (χ1) is 12.8. The lowest BCUT2D eigenvalue weighted by Crippen LogP contribution is -2.23. The van der Waals surface area contributed by atoms with Crippen molar-refractivity contribution < 1.29 is 13.2 Å². The van der Waals surface area contributed by atoms with Gasteiger partial charge in [0.2, 0.25) is 10.0 Å². The Hall–Kier alpha value is -3.20. The van der Waals surface area contributed by atoms with E-state index in [1.165, 1.54) is 0 Å². The van der Waals surface area contributed by atoms with Crippen molar-refractivity contribution in [3.8, 4) is 5.82 Å². The average molecular weight is 385 g/mol. The predicted octanol–water partition coefficient (Wildman–Crippen LogP) is 1.88. The summed E-state index contributed by atoms with van der Waals surface area (Å²) in [6.45, 7) is 2.23. The maximum Gasteiger partial charge on any atom is 0.251 e. The summed E-state index contributed by atoms with van der Waals surface area (Å²) in [5, 5.41) is 2.84. The molecule has 0 atom stereocenters. The van der Waals surface area contributed by atoms with E-state index < -0.39 is 10.0 Å². The molecule has 0 spiro atoms. The second kappa shape index (κ2) is 7.58. The molecule has 1 aromatic carbocycles. The Morgan fingerprint density at radius 2 is 1.85 bits per heavy atom. The van der Waals surface area contributed by atoms with E-state index in [1.807, 2.05) is 29.8 Å². The van der Waals surface area contributed by atoms with Crippen molar-refractivity contribution in [2.24, 2.45) is 0 Å². The summed E-state index contributed by atoms with van der Waals surface area (Å²) in [4.78, 5) is 20.8. The molecule has 3 rings (SSSR count). The Kier molecular flexibility index (Phi) is 5.22. The second-order valence-electron chi connectivity index (χ2n) is 6.00. The summed E-state index contributed by atoms with van der Waals surface area (Å²) < 4.78 is 26.6. The molecule has 0 fully saturated rings. The molecule has 0 aliphatic rings. The highest BCUT2D eigenvalue weighted by Gasteiger charge is 2.08. The number of benzene rings is 1. The van der Waals surface area contributed by atoms with Crippen LogP contribution in [0.4, 0.5) is 5.69 Å². The van der Waals surface area contributed by atoms with Gasteiger partial charge in [0.05, 0.1) is 6.26 Å². The monoisotopic (exact) mass is 385 g/mol. The highest BCUT2D eigenvalue weighted by Crippen LogP contribution is 2.12. The molecule has 0 saturated carbocycles. The van der Waals surface area contributed by atoms with E-state index in [-0.39, 0.29) is 5.91 Å². The van der Waals surface area contributed by atoms with Crippen molar-refractivity contribution >= 4 is 21.6 Å². The lowest BCUT2D eigenvalue weighted by Gasteiger charge is -2.09. The van der Waals surface area contributed by atoms with Crippen molar-refractivity contribution in [3.63, 3.8) is 0 Å². The van der Waals surface area contributed by atoms with Crippen LogP contribution in [0.15, 0.2) is 55.0 Å². The molecule has 2 N–H and O–H groups in total. The van der Waals surface area contributed by atoms with E-state index in [0.29, 0.717) is 17.8 Å². The van der Waals surface area contributed by atoms with Gasteiger partial charge < -0.3 is 5.32 Å². The third-order valence-corrected chi connectivity index (χ3v) is 4.39. The normalized spacial score (nSPS) is 11.2. The van der Waals surface area contributed by atoms with Crippen molar-refractivity contribution in [2.45, 2.75) is 13.5 Å². The zero-order valence-electron chi connectivity index (χ0n) is 14.9. The molecule has 0 aliphatic carbocycles. The van der Waals surface area contributed by atoms with E-state index in [0.717, 1.165) is 23.5 Å². The third-order valence-electron chi connectivity index (χ3n) is 3.79. The summed E-state index contributed by atoms with van der Waals surface area (Å²) in [5.41, 5.74) is 1.74. The number of carbonyl (C=O) groups excluding carboxylic acids is 1. The van der Waals surface area contributed by atoms with Crippen molar-refractivity contribution in [2.75, 3.05) is 11.0 Å². The van der Waals surface area contributed by atoms with Gasteiger partial charge in [-0.2, -0.15) is 0 Å². The number of nitrogens with one attached hydrogen (secondary N) is 2. The molecule has 9 heteroatoms. The summed E-state index contributed by atoms with van der Waals surface area (Å²) in [5.74, 6) is 1.30. The first kappa shape index (κ1) is 18.6. The number of carbonyl (C=O) groups is 1.